The van der Waals surface area contributed by atoms with Gasteiger partial charge in [0.15, 0.2) is 0 Å². The third kappa shape index (κ3) is 13.6. The van der Waals surface area contributed by atoms with Crippen LogP contribution in [0, 0.1) is 5.92 Å². The van der Waals surface area contributed by atoms with Gasteiger partial charge in [-0.15, -0.1) is 0 Å². The lowest BCUT2D eigenvalue weighted by molar-refractivity contribution is -0.131. The molecule has 2 nitrogen and oxygen atoms in total. The van der Waals surface area contributed by atoms with E-state index in [1.54, 1.807) is 0 Å². The van der Waals surface area contributed by atoms with Gasteiger partial charge < -0.3 is 5.11 Å². The lowest BCUT2D eigenvalue weighted by Gasteiger charge is -2.12. The number of aliphatic carboxylic acids is 1. The van der Waals surface area contributed by atoms with Crippen molar-refractivity contribution in [1.29, 1.82) is 0 Å². The summed E-state index contributed by atoms with van der Waals surface area (Å²) in [4.78, 5) is 10.6. The minimum Gasteiger partial charge on any atom is -0.478 e. The van der Waals surface area contributed by atoms with Crippen LogP contribution in [-0.2, 0) is 4.79 Å². The van der Waals surface area contributed by atoms with Gasteiger partial charge in [-0.25, -0.2) is 4.79 Å². The molecule has 2 heteroatoms. The van der Waals surface area contributed by atoms with Crippen molar-refractivity contribution in [2.24, 2.45) is 5.92 Å². The molecule has 0 rings (SSSR count). The molecule has 0 atom stereocenters. The maximum absolute atomic E-state index is 10.6. The third-order valence-corrected chi connectivity index (χ3v) is 3.87. The number of rotatable bonds is 14. The molecule has 0 aromatic heterocycles. The van der Waals surface area contributed by atoms with Gasteiger partial charge in [0.1, 0.15) is 0 Å². The molecule has 0 saturated carbocycles. The van der Waals surface area contributed by atoms with E-state index in [1.165, 1.54) is 70.3 Å². The minimum atomic E-state index is -0.813. The van der Waals surface area contributed by atoms with E-state index in [1.807, 2.05) is 6.08 Å². The first kappa shape index (κ1) is 19.2. The van der Waals surface area contributed by atoms with Gasteiger partial charge in [-0.05, 0) is 18.8 Å². The Morgan fingerprint density at radius 2 is 1.30 bits per heavy atom. The normalized spacial score (nSPS) is 11.6. The number of hydrogen-bond donors (Lipinski definition) is 1. The van der Waals surface area contributed by atoms with Gasteiger partial charge >= 0.3 is 5.97 Å². The number of carboxylic acid groups (broad SMARTS) is 1. The maximum Gasteiger partial charge on any atom is 0.327 e. The number of carboxylic acids is 1. The van der Waals surface area contributed by atoms with E-state index in [0.717, 1.165) is 12.8 Å². The molecule has 0 radical (unpaired) electrons. The van der Waals surface area contributed by atoms with Crippen LogP contribution in [-0.4, -0.2) is 11.1 Å². The molecule has 0 amide bonds. The van der Waals surface area contributed by atoms with Gasteiger partial charge in [0, 0.05) is 6.08 Å². The summed E-state index contributed by atoms with van der Waals surface area (Å²) in [5.41, 5.74) is 0. The molecule has 0 aromatic carbocycles. The topological polar surface area (TPSA) is 37.3 Å². The Morgan fingerprint density at radius 1 is 0.850 bits per heavy atom. The summed E-state index contributed by atoms with van der Waals surface area (Å²) in [5, 5.41) is 8.76. The fourth-order valence-corrected chi connectivity index (χ4v) is 2.58. The van der Waals surface area contributed by atoms with E-state index in [-0.39, 0.29) is 0 Å². The van der Waals surface area contributed by atoms with E-state index >= 15 is 0 Å². The SMILES string of the molecule is CCCCCCCC(C=CC(=O)O)CCCCCCC. The van der Waals surface area contributed by atoms with Crippen molar-refractivity contribution in [3.63, 3.8) is 0 Å². The van der Waals surface area contributed by atoms with E-state index in [4.69, 9.17) is 5.11 Å². The average Bonchev–Trinajstić information content (AvgIpc) is 2.43. The summed E-state index contributed by atoms with van der Waals surface area (Å²) >= 11 is 0. The summed E-state index contributed by atoms with van der Waals surface area (Å²) in [6.07, 6.45) is 18.5. The summed E-state index contributed by atoms with van der Waals surface area (Å²) < 4.78 is 0. The van der Waals surface area contributed by atoms with Crippen molar-refractivity contribution in [2.75, 3.05) is 0 Å². The Balaban J connectivity index is 3.85. The second-order valence-corrected chi connectivity index (χ2v) is 5.86. The van der Waals surface area contributed by atoms with Crippen LogP contribution in [0.4, 0.5) is 0 Å². The molecule has 1 N–H and O–H groups in total. The van der Waals surface area contributed by atoms with Gasteiger partial charge in [-0.3, -0.25) is 0 Å². The third-order valence-electron chi connectivity index (χ3n) is 3.87. The predicted molar refractivity (Wildman–Crippen MR) is 87.0 cm³/mol. The van der Waals surface area contributed by atoms with E-state index < -0.39 is 5.97 Å². The Kier molecular flexibility index (Phi) is 14.0. The highest BCUT2D eigenvalue weighted by molar-refractivity contribution is 5.79. The highest BCUT2D eigenvalue weighted by Crippen LogP contribution is 2.20. The molecule has 0 aromatic rings. The number of allylic oxidation sites excluding steroid dienone is 1. The number of unbranched alkanes of at least 4 members (excludes halogenated alkanes) is 8. The van der Waals surface area contributed by atoms with Gasteiger partial charge in [0.2, 0.25) is 0 Å². The molecule has 0 spiro atoms. The summed E-state index contributed by atoms with van der Waals surface area (Å²) in [7, 11) is 0. The van der Waals surface area contributed by atoms with Crippen LogP contribution in [0.2, 0.25) is 0 Å². The van der Waals surface area contributed by atoms with Crippen molar-refractivity contribution < 1.29 is 9.90 Å². The quantitative estimate of drug-likeness (QED) is 0.315. The van der Waals surface area contributed by atoms with E-state index in [0.29, 0.717) is 5.92 Å². The van der Waals surface area contributed by atoms with Crippen LogP contribution in [0.5, 0.6) is 0 Å². The first-order valence-corrected chi connectivity index (χ1v) is 8.61. The minimum absolute atomic E-state index is 0.467. The Hall–Kier alpha value is -0.790. The average molecular weight is 282 g/mol. The Bertz CT molecular complexity index is 232. The largest absolute Gasteiger partial charge is 0.478 e. The number of hydrogen-bond acceptors (Lipinski definition) is 1. The summed E-state index contributed by atoms with van der Waals surface area (Å²) in [6, 6.07) is 0. The molecule has 0 fully saturated rings. The zero-order valence-electron chi connectivity index (χ0n) is 13.6. The Morgan fingerprint density at radius 3 is 1.70 bits per heavy atom. The molecule has 0 heterocycles. The fraction of sp³-hybridized carbons (Fsp3) is 0.833. The van der Waals surface area contributed by atoms with Crippen molar-refractivity contribution in [3.05, 3.63) is 12.2 Å². The first-order chi connectivity index (χ1) is 9.70. The monoisotopic (exact) mass is 282 g/mol. The van der Waals surface area contributed by atoms with Crippen molar-refractivity contribution >= 4 is 5.97 Å². The molecule has 0 saturated heterocycles. The van der Waals surface area contributed by atoms with Crippen LogP contribution >= 0.6 is 0 Å². The first-order valence-electron chi connectivity index (χ1n) is 8.61. The fourth-order valence-electron chi connectivity index (χ4n) is 2.58. The highest BCUT2D eigenvalue weighted by atomic mass is 16.4. The zero-order valence-corrected chi connectivity index (χ0v) is 13.6. The summed E-state index contributed by atoms with van der Waals surface area (Å²) in [5.74, 6) is -0.346. The highest BCUT2D eigenvalue weighted by Gasteiger charge is 2.05. The summed E-state index contributed by atoms with van der Waals surface area (Å²) in [6.45, 7) is 4.46. The van der Waals surface area contributed by atoms with Crippen molar-refractivity contribution in [3.8, 4) is 0 Å². The molecular formula is C18H34O2. The molecule has 0 aliphatic carbocycles. The van der Waals surface area contributed by atoms with E-state index in [2.05, 4.69) is 13.8 Å². The van der Waals surface area contributed by atoms with Crippen LogP contribution < -0.4 is 0 Å². The second-order valence-electron chi connectivity index (χ2n) is 5.86. The van der Waals surface area contributed by atoms with Crippen LogP contribution in [0.1, 0.15) is 90.9 Å². The molecule has 20 heavy (non-hydrogen) atoms. The second kappa shape index (κ2) is 14.6. The van der Waals surface area contributed by atoms with Gasteiger partial charge in [0.25, 0.3) is 0 Å². The van der Waals surface area contributed by atoms with Crippen LogP contribution in [0.15, 0.2) is 12.2 Å². The van der Waals surface area contributed by atoms with Crippen molar-refractivity contribution in [1.82, 2.24) is 0 Å². The molecule has 0 aliphatic heterocycles. The lowest BCUT2D eigenvalue weighted by Crippen LogP contribution is -1.99. The molecule has 0 unspecified atom stereocenters. The van der Waals surface area contributed by atoms with Crippen LogP contribution in [0.3, 0.4) is 0 Å². The predicted octanol–water partition coefficient (Wildman–Crippen LogP) is 5.96. The standard InChI is InChI=1S/C18H34O2/c1-3-5-7-9-11-13-17(15-16-18(19)20)14-12-10-8-6-4-2/h15-17H,3-14H2,1-2H3,(H,19,20). The maximum atomic E-state index is 10.6. The van der Waals surface area contributed by atoms with Crippen LogP contribution in [0.25, 0.3) is 0 Å². The van der Waals surface area contributed by atoms with Gasteiger partial charge in [0.05, 0.1) is 0 Å². The zero-order chi connectivity index (χ0) is 15.1. The number of carbonyl (C=O) groups is 1. The molecule has 118 valence electrons. The van der Waals surface area contributed by atoms with E-state index in [9.17, 15) is 4.79 Å². The van der Waals surface area contributed by atoms with Crippen molar-refractivity contribution in [2.45, 2.75) is 90.9 Å². The molecular weight excluding hydrogens is 248 g/mol. The lowest BCUT2D eigenvalue weighted by atomic mass is 9.94. The molecule has 0 aliphatic rings. The molecule has 0 bridgehead atoms. The Labute approximate surface area is 125 Å². The smallest absolute Gasteiger partial charge is 0.327 e. The van der Waals surface area contributed by atoms with Gasteiger partial charge in [-0.1, -0.05) is 84.1 Å². The van der Waals surface area contributed by atoms with Gasteiger partial charge in [-0.2, -0.15) is 0 Å².